The molecule has 0 aromatic heterocycles. The zero-order valence-corrected chi connectivity index (χ0v) is 11.7. The first-order valence-electron chi connectivity index (χ1n) is 6.49. The van der Waals surface area contributed by atoms with Crippen molar-refractivity contribution >= 4 is 0 Å². The van der Waals surface area contributed by atoms with Gasteiger partial charge in [-0.1, -0.05) is 18.2 Å². The Hall–Kier alpha value is -1.91. The van der Waals surface area contributed by atoms with Crippen molar-refractivity contribution in [3.8, 4) is 5.75 Å². The van der Waals surface area contributed by atoms with Gasteiger partial charge in [0, 0.05) is 0 Å². The zero-order valence-electron chi connectivity index (χ0n) is 11.7. The van der Waals surface area contributed by atoms with E-state index in [1.807, 2.05) is 25.1 Å². The van der Waals surface area contributed by atoms with Gasteiger partial charge in [0.25, 0.3) is 0 Å². The lowest BCUT2D eigenvalue weighted by atomic mass is 9.95. The highest BCUT2D eigenvalue weighted by atomic mass is 19.1. The van der Waals surface area contributed by atoms with Crippen LogP contribution >= 0.6 is 0 Å². The topological polar surface area (TPSA) is 47.3 Å². The molecule has 0 saturated carbocycles. The first kappa shape index (κ1) is 14.5. The Labute approximate surface area is 118 Å². The Morgan fingerprint density at radius 3 is 2.45 bits per heavy atom. The predicted octanol–water partition coefficient (Wildman–Crippen LogP) is 2.89. The molecule has 0 fully saturated rings. The Bertz CT molecular complexity index is 569. The monoisotopic (exact) mass is 274 g/mol. The van der Waals surface area contributed by atoms with E-state index in [1.54, 1.807) is 19.2 Å². The first-order valence-corrected chi connectivity index (χ1v) is 6.49. The van der Waals surface area contributed by atoms with E-state index in [1.165, 1.54) is 12.1 Å². The lowest BCUT2D eigenvalue weighted by molar-refractivity contribution is 0.414. The number of nitrogens with two attached hydrogens (primary N) is 1. The van der Waals surface area contributed by atoms with Crippen LogP contribution in [0.5, 0.6) is 5.75 Å². The number of nitrogens with one attached hydrogen (secondary N) is 1. The number of hydrogen-bond donors (Lipinski definition) is 2. The Morgan fingerprint density at radius 1 is 1.20 bits per heavy atom. The molecule has 0 aliphatic carbocycles. The third kappa shape index (κ3) is 3.35. The average Bonchev–Trinajstić information content (AvgIpc) is 2.47. The third-order valence-corrected chi connectivity index (χ3v) is 3.41. The molecule has 0 saturated heterocycles. The highest BCUT2D eigenvalue weighted by Gasteiger charge is 2.13. The first-order chi connectivity index (χ1) is 9.63. The summed E-state index contributed by atoms with van der Waals surface area (Å²) in [6.07, 6.45) is 0.698. The van der Waals surface area contributed by atoms with E-state index in [-0.39, 0.29) is 11.9 Å². The maximum absolute atomic E-state index is 12.9. The molecule has 3 nitrogen and oxygen atoms in total. The molecule has 1 atom stereocenters. The van der Waals surface area contributed by atoms with Gasteiger partial charge in [-0.3, -0.25) is 11.3 Å². The number of hydrogen-bond acceptors (Lipinski definition) is 3. The number of hydrazine groups is 1. The zero-order chi connectivity index (χ0) is 14.5. The molecule has 2 aromatic rings. The lowest BCUT2D eigenvalue weighted by Crippen LogP contribution is -2.30. The van der Waals surface area contributed by atoms with Crippen molar-refractivity contribution < 1.29 is 9.13 Å². The Kier molecular flexibility index (Phi) is 4.71. The molecule has 0 aliphatic rings. The van der Waals surface area contributed by atoms with Gasteiger partial charge in [-0.05, 0) is 54.3 Å². The van der Waals surface area contributed by atoms with Crippen molar-refractivity contribution in [3.63, 3.8) is 0 Å². The summed E-state index contributed by atoms with van der Waals surface area (Å²) in [6.45, 7) is 2.02. The number of ether oxygens (including phenoxy) is 1. The highest BCUT2D eigenvalue weighted by molar-refractivity contribution is 5.37. The summed E-state index contributed by atoms with van der Waals surface area (Å²) in [6, 6.07) is 12.3. The van der Waals surface area contributed by atoms with E-state index in [0.29, 0.717) is 6.42 Å². The molecule has 4 heteroatoms. The third-order valence-electron chi connectivity index (χ3n) is 3.41. The number of methoxy groups -OCH3 is 1. The van der Waals surface area contributed by atoms with Crippen molar-refractivity contribution in [1.29, 1.82) is 0 Å². The minimum Gasteiger partial charge on any atom is -0.497 e. The molecule has 0 spiro atoms. The van der Waals surface area contributed by atoms with Gasteiger partial charge in [0.1, 0.15) is 11.6 Å². The molecule has 2 aromatic carbocycles. The molecule has 1 unspecified atom stereocenters. The van der Waals surface area contributed by atoms with E-state index in [9.17, 15) is 4.39 Å². The lowest BCUT2D eigenvalue weighted by Gasteiger charge is -2.19. The van der Waals surface area contributed by atoms with Crippen LogP contribution in [0.4, 0.5) is 4.39 Å². The standard InChI is InChI=1S/C16H19FN2O/c1-11-9-14(20-2)7-8-15(11)16(19-18)10-12-3-5-13(17)6-4-12/h3-9,16,19H,10,18H2,1-2H3. The van der Waals surface area contributed by atoms with E-state index >= 15 is 0 Å². The Morgan fingerprint density at radius 2 is 1.90 bits per heavy atom. The summed E-state index contributed by atoms with van der Waals surface area (Å²) in [5.74, 6) is 6.26. The summed E-state index contributed by atoms with van der Waals surface area (Å²) in [5, 5.41) is 0. The number of benzene rings is 2. The summed E-state index contributed by atoms with van der Waals surface area (Å²) in [4.78, 5) is 0. The molecular weight excluding hydrogens is 255 g/mol. The van der Waals surface area contributed by atoms with E-state index in [0.717, 1.165) is 22.4 Å². The van der Waals surface area contributed by atoms with Crippen molar-refractivity contribution in [1.82, 2.24) is 5.43 Å². The van der Waals surface area contributed by atoms with E-state index in [2.05, 4.69) is 5.43 Å². The largest absolute Gasteiger partial charge is 0.497 e. The van der Waals surface area contributed by atoms with Crippen LogP contribution in [-0.4, -0.2) is 7.11 Å². The van der Waals surface area contributed by atoms with Gasteiger partial charge in [-0.25, -0.2) is 4.39 Å². The van der Waals surface area contributed by atoms with Gasteiger partial charge in [-0.15, -0.1) is 0 Å². The molecule has 106 valence electrons. The molecule has 0 amide bonds. The molecule has 3 N–H and O–H groups in total. The maximum atomic E-state index is 12.9. The van der Waals surface area contributed by atoms with Crippen LogP contribution < -0.4 is 16.0 Å². The molecule has 0 bridgehead atoms. The van der Waals surface area contributed by atoms with Crippen molar-refractivity contribution in [2.24, 2.45) is 5.84 Å². The summed E-state index contributed by atoms with van der Waals surface area (Å²) < 4.78 is 18.1. The van der Waals surface area contributed by atoms with E-state index < -0.39 is 0 Å². The van der Waals surface area contributed by atoms with Crippen molar-refractivity contribution in [2.75, 3.05) is 7.11 Å². The normalized spacial score (nSPS) is 12.2. The minimum absolute atomic E-state index is 0.0219. The number of halogens is 1. The van der Waals surface area contributed by atoms with Crippen LogP contribution in [0.25, 0.3) is 0 Å². The molecule has 0 radical (unpaired) electrons. The van der Waals surface area contributed by atoms with Gasteiger partial charge in [0.05, 0.1) is 13.2 Å². The van der Waals surface area contributed by atoms with Crippen LogP contribution in [0.15, 0.2) is 42.5 Å². The van der Waals surface area contributed by atoms with Gasteiger partial charge in [-0.2, -0.15) is 0 Å². The molecular formula is C16H19FN2O. The summed E-state index contributed by atoms with van der Waals surface area (Å²) in [5.41, 5.74) is 6.07. The molecule has 0 aliphatic heterocycles. The number of aryl methyl sites for hydroxylation is 1. The van der Waals surface area contributed by atoms with Crippen LogP contribution in [0.1, 0.15) is 22.7 Å². The number of rotatable bonds is 5. The van der Waals surface area contributed by atoms with Crippen molar-refractivity contribution in [3.05, 3.63) is 65.0 Å². The average molecular weight is 274 g/mol. The van der Waals surface area contributed by atoms with Crippen LogP contribution in [0.3, 0.4) is 0 Å². The fraction of sp³-hybridized carbons (Fsp3) is 0.250. The van der Waals surface area contributed by atoms with Crippen molar-refractivity contribution in [2.45, 2.75) is 19.4 Å². The SMILES string of the molecule is COc1ccc(C(Cc2ccc(F)cc2)NN)c(C)c1. The van der Waals surface area contributed by atoms with E-state index in [4.69, 9.17) is 10.6 Å². The van der Waals surface area contributed by atoms with Crippen LogP contribution in [0.2, 0.25) is 0 Å². The fourth-order valence-electron chi connectivity index (χ4n) is 2.28. The summed E-state index contributed by atoms with van der Waals surface area (Å²) >= 11 is 0. The van der Waals surface area contributed by atoms with Gasteiger partial charge >= 0.3 is 0 Å². The van der Waals surface area contributed by atoms with Gasteiger partial charge < -0.3 is 4.74 Å². The fourth-order valence-corrected chi connectivity index (χ4v) is 2.28. The smallest absolute Gasteiger partial charge is 0.123 e. The maximum Gasteiger partial charge on any atom is 0.123 e. The quantitative estimate of drug-likeness (QED) is 0.651. The molecule has 0 heterocycles. The summed E-state index contributed by atoms with van der Waals surface area (Å²) in [7, 11) is 1.64. The molecule has 2 rings (SSSR count). The highest BCUT2D eigenvalue weighted by Crippen LogP contribution is 2.24. The predicted molar refractivity (Wildman–Crippen MR) is 77.9 cm³/mol. The van der Waals surface area contributed by atoms with Gasteiger partial charge in [0.15, 0.2) is 0 Å². The molecule has 20 heavy (non-hydrogen) atoms. The minimum atomic E-state index is -0.230. The second-order valence-electron chi connectivity index (χ2n) is 4.77. The van der Waals surface area contributed by atoms with Crippen LogP contribution in [0, 0.1) is 12.7 Å². The van der Waals surface area contributed by atoms with Crippen LogP contribution in [-0.2, 0) is 6.42 Å². The van der Waals surface area contributed by atoms with Gasteiger partial charge in [0.2, 0.25) is 0 Å². The second kappa shape index (κ2) is 6.50. The second-order valence-corrected chi connectivity index (χ2v) is 4.77. The Balaban J connectivity index is 2.21.